The lowest BCUT2D eigenvalue weighted by Crippen LogP contribution is -2.33. The molecule has 1 aromatic carbocycles. The van der Waals surface area contributed by atoms with Gasteiger partial charge >= 0.3 is 0 Å². The van der Waals surface area contributed by atoms with Crippen LogP contribution in [0.2, 0.25) is 0 Å². The number of hydrogen-bond donors (Lipinski definition) is 2. The van der Waals surface area contributed by atoms with E-state index >= 15 is 0 Å². The van der Waals surface area contributed by atoms with E-state index in [2.05, 4.69) is 10.2 Å². The zero-order valence-electron chi connectivity index (χ0n) is 10.1. The van der Waals surface area contributed by atoms with Crippen LogP contribution in [0.3, 0.4) is 0 Å². The van der Waals surface area contributed by atoms with Gasteiger partial charge in [-0.1, -0.05) is 6.42 Å². The van der Waals surface area contributed by atoms with Gasteiger partial charge in [0.05, 0.1) is 11.4 Å². The molecule has 1 heterocycles. The van der Waals surface area contributed by atoms with E-state index in [9.17, 15) is 4.39 Å². The maximum atomic E-state index is 13.0. The van der Waals surface area contributed by atoms with Crippen LogP contribution in [0.15, 0.2) is 18.2 Å². The third-order valence-corrected chi connectivity index (χ3v) is 3.21. The minimum Gasteiger partial charge on any atom is -0.397 e. The second-order valence-corrected chi connectivity index (χ2v) is 4.56. The first kappa shape index (κ1) is 12.2. The van der Waals surface area contributed by atoms with Gasteiger partial charge in [-0.2, -0.15) is 0 Å². The van der Waals surface area contributed by atoms with Gasteiger partial charge < -0.3 is 16.0 Å². The van der Waals surface area contributed by atoms with Gasteiger partial charge in [0.1, 0.15) is 5.82 Å². The highest BCUT2D eigenvalue weighted by Crippen LogP contribution is 2.18. The molecule has 0 amide bonds. The summed E-state index contributed by atoms with van der Waals surface area (Å²) >= 11 is 0. The molecule has 0 unspecified atom stereocenters. The third-order valence-electron chi connectivity index (χ3n) is 3.21. The number of nitrogens with two attached hydrogens (primary N) is 1. The van der Waals surface area contributed by atoms with Crippen LogP contribution in [0, 0.1) is 5.82 Å². The van der Waals surface area contributed by atoms with Crippen LogP contribution in [0.5, 0.6) is 0 Å². The van der Waals surface area contributed by atoms with Crippen molar-refractivity contribution in [1.82, 2.24) is 4.90 Å². The Labute approximate surface area is 102 Å². The molecule has 3 nitrogen and oxygen atoms in total. The van der Waals surface area contributed by atoms with Crippen molar-refractivity contribution in [2.24, 2.45) is 0 Å². The van der Waals surface area contributed by atoms with Crippen molar-refractivity contribution < 1.29 is 4.39 Å². The molecular weight excluding hydrogens is 217 g/mol. The van der Waals surface area contributed by atoms with E-state index in [0.29, 0.717) is 11.4 Å². The van der Waals surface area contributed by atoms with E-state index in [1.165, 1.54) is 44.5 Å². The summed E-state index contributed by atoms with van der Waals surface area (Å²) in [6.07, 6.45) is 3.94. The minimum atomic E-state index is -0.250. The van der Waals surface area contributed by atoms with Crippen molar-refractivity contribution in [3.05, 3.63) is 24.0 Å². The van der Waals surface area contributed by atoms with Gasteiger partial charge in [-0.05, 0) is 44.1 Å². The number of rotatable bonds is 4. The summed E-state index contributed by atoms with van der Waals surface area (Å²) in [5.41, 5.74) is 7.06. The molecule has 0 spiro atoms. The maximum absolute atomic E-state index is 13.0. The zero-order valence-corrected chi connectivity index (χ0v) is 10.1. The lowest BCUT2D eigenvalue weighted by molar-refractivity contribution is 0.237. The maximum Gasteiger partial charge on any atom is 0.125 e. The zero-order chi connectivity index (χ0) is 12.1. The average molecular weight is 237 g/mol. The molecule has 0 saturated carbocycles. The first-order valence-corrected chi connectivity index (χ1v) is 6.27. The molecule has 1 fully saturated rings. The van der Waals surface area contributed by atoms with E-state index in [1.807, 2.05) is 0 Å². The normalized spacial score (nSPS) is 17.0. The summed E-state index contributed by atoms with van der Waals surface area (Å²) in [5, 5.41) is 3.19. The van der Waals surface area contributed by atoms with E-state index in [1.54, 1.807) is 6.07 Å². The third kappa shape index (κ3) is 3.60. The highest BCUT2D eigenvalue weighted by Gasteiger charge is 2.09. The molecule has 4 heteroatoms. The van der Waals surface area contributed by atoms with E-state index in [-0.39, 0.29) is 5.82 Å². The smallest absolute Gasteiger partial charge is 0.125 e. The van der Waals surface area contributed by atoms with Gasteiger partial charge in [0.25, 0.3) is 0 Å². The SMILES string of the molecule is Nc1ccc(F)cc1NCCN1CCCCC1. The highest BCUT2D eigenvalue weighted by atomic mass is 19.1. The molecule has 1 aliphatic heterocycles. The van der Waals surface area contributed by atoms with Crippen LogP contribution < -0.4 is 11.1 Å². The average Bonchev–Trinajstić information content (AvgIpc) is 2.35. The summed E-state index contributed by atoms with van der Waals surface area (Å²) in [5.74, 6) is -0.250. The molecule has 0 bridgehead atoms. The van der Waals surface area contributed by atoms with Crippen LogP contribution in [0.4, 0.5) is 15.8 Å². The quantitative estimate of drug-likeness (QED) is 0.790. The number of halogens is 1. The number of anilines is 2. The first-order chi connectivity index (χ1) is 8.25. The fourth-order valence-electron chi connectivity index (χ4n) is 2.21. The van der Waals surface area contributed by atoms with Gasteiger partial charge in [0.15, 0.2) is 0 Å². The second kappa shape index (κ2) is 5.87. The lowest BCUT2D eigenvalue weighted by Gasteiger charge is -2.26. The molecule has 94 valence electrons. The Kier molecular flexibility index (Phi) is 4.20. The summed E-state index contributed by atoms with van der Waals surface area (Å²) in [6.45, 7) is 4.17. The number of nitrogens with one attached hydrogen (secondary N) is 1. The predicted molar refractivity (Wildman–Crippen MR) is 69.6 cm³/mol. The number of likely N-dealkylation sites (tertiary alicyclic amines) is 1. The Morgan fingerprint density at radius 2 is 2.00 bits per heavy atom. The Hall–Kier alpha value is -1.29. The van der Waals surface area contributed by atoms with Crippen LogP contribution in [-0.4, -0.2) is 31.1 Å². The topological polar surface area (TPSA) is 41.3 Å². The summed E-state index contributed by atoms with van der Waals surface area (Å²) in [6, 6.07) is 4.43. The van der Waals surface area contributed by atoms with Gasteiger partial charge in [0, 0.05) is 13.1 Å². The van der Waals surface area contributed by atoms with Gasteiger partial charge in [-0.15, -0.1) is 0 Å². The number of nitrogens with zero attached hydrogens (tertiary/aromatic N) is 1. The van der Waals surface area contributed by atoms with Gasteiger partial charge in [0.2, 0.25) is 0 Å². The number of piperidine rings is 1. The Balaban J connectivity index is 1.79. The molecule has 0 aliphatic carbocycles. The fraction of sp³-hybridized carbons (Fsp3) is 0.538. The standard InChI is InChI=1S/C13H20FN3/c14-11-4-5-12(15)13(10-11)16-6-9-17-7-2-1-3-8-17/h4-5,10,16H,1-3,6-9,15H2. The summed E-state index contributed by atoms with van der Waals surface area (Å²) in [7, 11) is 0. The number of nitrogen functional groups attached to an aromatic ring is 1. The minimum absolute atomic E-state index is 0.250. The molecule has 1 saturated heterocycles. The Morgan fingerprint density at radius 3 is 2.76 bits per heavy atom. The van der Waals surface area contributed by atoms with Crippen LogP contribution >= 0.6 is 0 Å². The van der Waals surface area contributed by atoms with Crippen LogP contribution in [0.25, 0.3) is 0 Å². The van der Waals surface area contributed by atoms with Crippen molar-refractivity contribution in [3.8, 4) is 0 Å². The molecular formula is C13H20FN3. The van der Waals surface area contributed by atoms with Crippen LogP contribution in [-0.2, 0) is 0 Å². The van der Waals surface area contributed by atoms with Crippen molar-refractivity contribution in [3.63, 3.8) is 0 Å². The van der Waals surface area contributed by atoms with Crippen molar-refractivity contribution in [2.45, 2.75) is 19.3 Å². The van der Waals surface area contributed by atoms with Crippen molar-refractivity contribution in [2.75, 3.05) is 37.2 Å². The molecule has 1 aliphatic rings. The summed E-state index contributed by atoms with van der Waals surface area (Å²) in [4.78, 5) is 2.44. The Bertz CT molecular complexity index is 362. The molecule has 0 atom stereocenters. The highest BCUT2D eigenvalue weighted by molar-refractivity contribution is 5.65. The monoisotopic (exact) mass is 237 g/mol. The van der Waals surface area contributed by atoms with E-state index in [4.69, 9.17) is 5.73 Å². The van der Waals surface area contributed by atoms with Crippen LogP contribution in [0.1, 0.15) is 19.3 Å². The molecule has 3 N–H and O–H groups in total. The molecule has 0 aromatic heterocycles. The molecule has 0 radical (unpaired) electrons. The number of benzene rings is 1. The van der Waals surface area contributed by atoms with Crippen molar-refractivity contribution in [1.29, 1.82) is 0 Å². The van der Waals surface area contributed by atoms with Gasteiger partial charge in [-0.25, -0.2) is 4.39 Å². The largest absolute Gasteiger partial charge is 0.397 e. The molecule has 17 heavy (non-hydrogen) atoms. The predicted octanol–water partition coefficient (Wildman–Crippen LogP) is 2.31. The lowest BCUT2D eigenvalue weighted by atomic mass is 10.1. The van der Waals surface area contributed by atoms with E-state index in [0.717, 1.165) is 13.1 Å². The van der Waals surface area contributed by atoms with Crippen molar-refractivity contribution >= 4 is 11.4 Å². The second-order valence-electron chi connectivity index (χ2n) is 4.56. The first-order valence-electron chi connectivity index (χ1n) is 6.27. The summed E-state index contributed by atoms with van der Waals surface area (Å²) < 4.78 is 13.0. The fourth-order valence-corrected chi connectivity index (χ4v) is 2.21. The number of hydrogen-bond acceptors (Lipinski definition) is 3. The van der Waals surface area contributed by atoms with Gasteiger partial charge in [-0.3, -0.25) is 0 Å². The van der Waals surface area contributed by atoms with E-state index < -0.39 is 0 Å². The molecule has 1 aromatic rings. The Morgan fingerprint density at radius 1 is 1.24 bits per heavy atom. The molecule has 2 rings (SSSR count).